The van der Waals surface area contributed by atoms with Gasteiger partial charge in [0.05, 0.1) is 7.11 Å². The Hall–Kier alpha value is -0.940. The van der Waals surface area contributed by atoms with Crippen LogP contribution in [0.1, 0.15) is 16.7 Å². The van der Waals surface area contributed by atoms with Crippen molar-refractivity contribution in [2.24, 2.45) is 0 Å². The number of alkyl halides is 1. The second-order valence-corrected chi connectivity index (χ2v) is 5.27. The van der Waals surface area contributed by atoms with Crippen LogP contribution in [-0.2, 0) is 16.1 Å². The van der Waals surface area contributed by atoms with Gasteiger partial charge in [-0.25, -0.2) is 4.39 Å². The molecule has 0 aliphatic rings. The van der Waals surface area contributed by atoms with Crippen LogP contribution in [0.2, 0.25) is 0 Å². The molecule has 0 radical (unpaired) electrons. The molecule has 1 atom stereocenters. The number of nitrogens with one attached hydrogen (secondary N) is 1. The molecule has 1 aromatic carbocycles. The first-order valence-electron chi connectivity index (χ1n) is 5.64. The Balaban J connectivity index is 2.52. The molecule has 1 aromatic rings. The molecule has 100 valence electrons. The van der Waals surface area contributed by atoms with Crippen molar-refractivity contribution in [2.75, 3.05) is 13.7 Å². The van der Waals surface area contributed by atoms with E-state index in [0.717, 1.165) is 5.56 Å². The van der Waals surface area contributed by atoms with Crippen LogP contribution in [-0.4, -0.2) is 24.5 Å². The van der Waals surface area contributed by atoms with E-state index in [-0.39, 0.29) is 16.6 Å². The number of carbonyl (C=O) groups is 1. The summed E-state index contributed by atoms with van der Waals surface area (Å²) in [6.45, 7) is 4.53. The summed E-state index contributed by atoms with van der Waals surface area (Å²) in [5.41, 5.74) is 2.27. The summed E-state index contributed by atoms with van der Waals surface area (Å²) >= 11 is 3.22. The van der Waals surface area contributed by atoms with Crippen LogP contribution in [0.15, 0.2) is 12.1 Å². The highest BCUT2D eigenvalue weighted by Crippen LogP contribution is 2.14. The number of halogens is 2. The molecule has 0 aromatic heterocycles. The Bertz CT molecular complexity index is 414. The van der Waals surface area contributed by atoms with Gasteiger partial charge < -0.3 is 10.1 Å². The summed E-state index contributed by atoms with van der Waals surface area (Å²) in [5, 5.41) is 3.12. The van der Waals surface area contributed by atoms with E-state index in [0.29, 0.717) is 24.2 Å². The van der Waals surface area contributed by atoms with Crippen molar-refractivity contribution in [2.45, 2.75) is 25.2 Å². The van der Waals surface area contributed by atoms with Crippen LogP contribution in [0.4, 0.5) is 4.39 Å². The predicted molar refractivity (Wildman–Crippen MR) is 72.3 cm³/mol. The van der Waals surface area contributed by atoms with Gasteiger partial charge in [0.2, 0.25) is 0 Å². The Morgan fingerprint density at radius 2 is 2.00 bits per heavy atom. The molecule has 0 saturated carbocycles. The van der Waals surface area contributed by atoms with Gasteiger partial charge in [-0.2, -0.15) is 0 Å². The molecule has 5 heteroatoms. The summed E-state index contributed by atoms with van der Waals surface area (Å²) in [6, 6.07) is 3.60. The van der Waals surface area contributed by atoms with Gasteiger partial charge in [0.25, 0.3) is 0 Å². The first-order chi connectivity index (χ1) is 8.45. The van der Waals surface area contributed by atoms with Gasteiger partial charge in [0.15, 0.2) is 0 Å². The SMILES string of the molecule is COC(=O)C(Br)CNCc1cc(C)c(F)c(C)c1. The average molecular weight is 318 g/mol. The van der Waals surface area contributed by atoms with Crippen molar-refractivity contribution in [3.63, 3.8) is 0 Å². The second-order valence-electron chi connectivity index (χ2n) is 4.17. The van der Waals surface area contributed by atoms with Crippen LogP contribution >= 0.6 is 15.9 Å². The number of hydrogen-bond donors (Lipinski definition) is 1. The molecule has 0 fully saturated rings. The van der Waals surface area contributed by atoms with Gasteiger partial charge in [-0.15, -0.1) is 0 Å². The third-order valence-electron chi connectivity index (χ3n) is 2.61. The fourth-order valence-electron chi connectivity index (χ4n) is 1.69. The van der Waals surface area contributed by atoms with Gasteiger partial charge in [-0.1, -0.05) is 28.1 Å². The largest absolute Gasteiger partial charge is 0.468 e. The molecule has 0 aliphatic carbocycles. The smallest absolute Gasteiger partial charge is 0.320 e. The van der Waals surface area contributed by atoms with E-state index in [9.17, 15) is 9.18 Å². The molecule has 0 bridgehead atoms. The summed E-state index contributed by atoms with van der Waals surface area (Å²) < 4.78 is 18.0. The lowest BCUT2D eigenvalue weighted by Gasteiger charge is -2.10. The summed E-state index contributed by atoms with van der Waals surface area (Å²) in [5.74, 6) is -0.472. The fraction of sp³-hybridized carbons (Fsp3) is 0.462. The Kier molecular flexibility index (Phi) is 5.75. The second kappa shape index (κ2) is 6.85. The maximum atomic E-state index is 13.4. The molecular weight excluding hydrogens is 301 g/mol. The molecule has 1 N–H and O–H groups in total. The van der Waals surface area contributed by atoms with E-state index in [1.54, 1.807) is 26.0 Å². The molecular formula is C13H17BrFNO2. The van der Waals surface area contributed by atoms with Gasteiger partial charge in [-0.05, 0) is 30.5 Å². The third-order valence-corrected chi connectivity index (χ3v) is 3.30. The van der Waals surface area contributed by atoms with Gasteiger partial charge in [0, 0.05) is 13.1 Å². The molecule has 0 amide bonds. The highest BCUT2D eigenvalue weighted by Gasteiger charge is 2.14. The molecule has 1 rings (SSSR count). The van der Waals surface area contributed by atoms with Crippen molar-refractivity contribution in [3.05, 3.63) is 34.6 Å². The quantitative estimate of drug-likeness (QED) is 0.669. The van der Waals surface area contributed by atoms with E-state index in [1.807, 2.05) is 0 Å². The van der Waals surface area contributed by atoms with Gasteiger partial charge in [0.1, 0.15) is 10.6 Å². The minimum absolute atomic E-state index is 0.160. The van der Waals surface area contributed by atoms with Gasteiger partial charge >= 0.3 is 5.97 Å². The molecule has 0 aliphatic heterocycles. The molecule has 18 heavy (non-hydrogen) atoms. The third kappa shape index (κ3) is 4.07. The monoisotopic (exact) mass is 317 g/mol. The van der Waals surface area contributed by atoms with Crippen molar-refractivity contribution < 1.29 is 13.9 Å². The van der Waals surface area contributed by atoms with Crippen LogP contribution in [0, 0.1) is 19.7 Å². The lowest BCUT2D eigenvalue weighted by Crippen LogP contribution is -2.29. The van der Waals surface area contributed by atoms with Crippen molar-refractivity contribution in [1.29, 1.82) is 0 Å². The van der Waals surface area contributed by atoms with E-state index >= 15 is 0 Å². The van der Waals surface area contributed by atoms with E-state index in [2.05, 4.69) is 26.0 Å². The summed E-state index contributed by atoms with van der Waals surface area (Å²) in [7, 11) is 1.35. The van der Waals surface area contributed by atoms with E-state index in [4.69, 9.17) is 0 Å². The lowest BCUT2D eigenvalue weighted by molar-refractivity contribution is -0.139. The van der Waals surface area contributed by atoms with Crippen molar-refractivity contribution in [3.8, 4) is 0 Å². The summed E-state index contributed by atoms with van der Waals surface area (Å²) in [4.78, 5) is 10.8. The molecule has 1 unspecified atom stereocenters. The normalized spacial score (nSPS) is 12.3. The van der Waals surface area contributed by atoms with Crippen LogP contribution < -0.4 is 5.32 Å². The highest BCUT2D eigenvalue weighted by atomic mass is 79.9. The Morgan fingerprint density at radius 1 is 1.44 bits per heavy atom. The number of methoxy groups -OCH3 is 1. The number of esters is 1. The van der Waals surface area contributed by atoms with Crippen LogP contribution in [0.25, 0.3) is 0 Å². The van der Waals surface area contributed by atoms with Crippen LogP contribution in [0.5, 0.6) is 0 Å². The van der Waals surface area contributed by atoms with Crippen molar-refractivity contribution >= 4 is 21.9 Å². The topological polar surface area (TPSA) is 38.3 Å². The van der Waals surface area contributed by atoms with E-state index in [1.165, 1.54) is 7.11 Å². The lowest BCUT2D eigenvalue weighted by atomic mass is 10.1. The zero-order valence-electron chi connectivity index (χ0n) is 10.7. The standard InChI is InChI=1S/C13H17BrFNO2/c1-8-4-10(5-9(2)12(8)15)6-16-7-11(14)13(17)18-3/h4-5,11,16H,6-7H2,1-3H3. The number of benzene rings is 1. The predicted octanol–water partition coefficient (Wildman–Crippen LogP) is 2.47. The highest BCUT2D eigenvalue weighted by molar-refractivity contribution is 9.10. The van der Waals surface area contributed by atoms with E-state index < -0.39 is 0 Å². The van der Waals surface area contributed by atoms with Crippen LogP contribution in [0.3, 0.4) is 0 Å². The first-order valence-corrected chi connectivity index (χ1v) is 6.55. The number of ether oxygens (including phenoxy) is 1. The first kappa shape index (κ1) is 15.1. The minimum Gasteiger partial charge on any atom is -0.468 e. The maximum Gasteiger partial charge on any atom is 0.320 e. The van der Waals surface area contributed by atoms with Gasteiger partial charge in [-0.3, -0.25) is 4.79 Å². The fourth-order valence-corrected chi connectivity index (χ4v) is 2.11. The average Bonchev–Trinajstić information content (AvgIpc) is 2.34. The maximum absolute atomic E-state index is 13.4. The number of rotatable bonds is 5. The molecule has 0 spiro atoms. The number of hydrogen-bond acceptors (Lipinski definition) is 3. The Labute approximate surface area is 115 Å². The minimum atomic E-state index is -0.370. The van der Waals surface area contributed by atoms with Crippen molar-refractivity contribution in [1.82, 2.24) is 5.32 Å². The number of aryl methyl sites for hydroxylation is 2. The zero-order valence-corrected chi connectivity index (χ0v) is 12.3. The summed E-state index contributed by atoms with van der Waals surface area (Å²) in [6.07, 6.45) is 0. The zero-order chi connectivity index (χ0) is 13.7. The Morgan fingerprint density at radius 3 is 2.50 bits per heavy atom. The molecule has 0 heterocycles. The number of carbonyl (C=O) groups excluding carboxylic acids is 1. The molecule has 3 nitrogen and oxygen atoms in total. The molecule has 0 saturated heterocycles.